The molecule has 1 N–H and O–H groups in total. The molecular weight excluding hydrogens is 305 g/mol. The molecule has 3 rings (SSSR count). The van der Waals surface area contributed by atoms with Gasteiger partial charge in [0.2, 0.25) is 0 Å². The van der Waals surface area contributed by atoms with Gasteiger partial charge in [-0.25, -0.2) is 9.37 Å². The van der Waals surface area contributed by atoms with Crippen molar-refractivity contribution in [2.24, 2.45) is 7.05 Å². The van der Waals surface area contributed by atoms with Crippen molar-refractivity contribution in [1.29, 1.82) is 0 Å². The molecule has 0 spiro atoms. The molecule has 1 heterocycles. The first-order valence-corrected chi connectivity index (χ1v) is 7.65. The van der Waals surface area contributed by atoms with E-state index in [1.54, 1.807) is 25.3 Å². The highest BCUT2D eigenvalue weighted by Crippen LogP contribution is 2.21. The summed E-state index contributed by atoms with van der Waals surface area (Å²) in [5.41, 5.74) is 1.70. The summed E-state index contributed by atoms with van der Waals surface area (Å²) < 4.78 is 15.6. The van der Waals surface area contributed by atoms with E-state index in [0.717, 1.165) is 5.56 Å². The number of nitrogens with zero attached hydrogens (tertiary/aromatic N) is 2. The van der Waals surface area contributed by atoms with Crippen molar-refractivity contribution in [1.82, 2.24) is 14.9 Å². The Morgan fingerprint density at radius 1 is 1.21 bits per heavy atom. The van der Waals surface area contributed by atoms with Crippen molar-refractivity contribution >= 4 is 5.91 Å². The zero-order valence-corrected chi connectivity index (χ0v) is 13.5. The van der Waals surface area contributed by atoms with Crippen LogP contribution in [0.5, 0.6) is 0 Å². The number of aromatic nitrogens is 2. The molecule has 1 atom stereocenters. The lowest BCUT2D eigenvalue weighted by Crippen LogP contribution is -2.31. The van der Waals surface area contributed by atoms with Crippen LogP contribution in [0.15, 0.2) is 60.9 Å². The van der Waals surface area contributed by atoms with E-state index in [0.29, 0.717) is 11.4 Å². The standard InChI is InChI=1S/C19H18FN3O/c1-13-8-9-15(12-16(13)20)19(24)22-17(14-6-4-3-5-7-14)18-21-10-11-23(18)2/h3-12,17H,1-2H3,(H,22,24)/t17-/m0/s1. The summed E-state index contributed by atoms with van der Waals surface area (Å²) in [6.07, 6.45) is 3.51. The largest absolute Gasteiger partial charge is 0.338 e. The molecule has 0 radical (unpaired) electrons. The van der Waals surface area contributed by atoms with Crippen molar-refractivity contribution in [2.45, 2.75) is 13.0 Å². The fourth-order valence-corrected chi connectivity index (χ4v) is 2.55. The van der Waals surface area contributed by atoms with Gasteiger partial charge in [0.05, 0.1) is 0 Å². The van der Waals surface area contributed by atoms with Gasteiger partial charge in [0, 0.05) is 25.0 Å². The van der Waals surface area contributed by atoms with Crippen LogP contribution >= 0.6 is 0 Å². The highest BCUT2D eigenvalue weighted by atomic mass is 19.1. The summed E-state index contributed by atoms with van der Waals surface area (Å²) in [6, 6.07) is 13.6. The minimum absolute atomic E-state index is 0.285. The molecule has 0 unspecified atom stereocenters. The van der Waals surface area contributed by atoms with Gasteiger partial charge in [0.15, 0.2) is 0 Å². The number of hydrogen-bond donors (Lipinski definition) is 1. The average molecular weight is 323 g/mol. The maximum atomic E-state index is 13.7. The Morgan fingerprint density at radius 2 is 1.96 bits per heavy atom. The molecule has 0 fully saturated rings. The molecule has 0 saturated carbocycles. The summed E-state index contributed by atoms with van der Waals surface area (Å²) in [5.74, 6) is -0.0243. The zero-order valence-electron chi connectivity index (χ0n) is 13.5. The molecule has 0 saturated heterocycles. The van der Waals surface area contributed by atoms with E-state index in [9.17, 15) is 9.18 Å². The summed E-state index contributed by atoms with van der Waals surface area (Å²) in [4.78, 5) is 16.9. The molecule has 0 bridgehead atoms. The van der Waals surface area contributed by atoms with Gasteiger partial charge < -0.3 is 9.88 Å². The predicted molar refractivity (Wildman–Crippen MR) is 90.1 cm³/mol. The fourth-order valence-electron chi connectivity index (χ4n) is 2.55. The van der Waals surface area contributed by atoms with E-state index >= 15 is 0 Å². The van der Waals surface area contributed by atoms with Crippen molar-refractivity contribution in [2.75, 3.05) is 0 Å². The quantitative estimate of drug-likeness (QED) is 0.800. The van der Waals surface area contributed by atoms with Gasteiger partial charge in [0.1, 0.15) is 17.7 Å². The number of imidazole rings is 1. The second kappa shape index (κ2) is 6.66. The first kappa shape index (κ1) is 15.9. The lowest BCUT2D eigenvalue weighted by Gasteiger charge is -2.19. The van der Waals surface area contributed by atoms with E-state index in [1.165, 1.54) is 6.07 Å². The smallest absolute Gasteiger partial charge is 0.252 e. The van der Waals surface area contributed by atoms with Gasteiger partial charge in [-0.3, -0.25) is 4.79 Å². The molecular formula is C19H18FN3O. The van der Waals surface area contributed by atoms with Crippen LogP contribution in [0, 0.1) is 12.7 Å². The third-order valence-corrected chi connectivity index (χ3v) is 3.96. The number of carbonyl (C=O) groups is 1. The number of hydrogen-bond acceptors (Lipinski definition) is 2. The van der Waals surface area contributed by atoms with E-state index in [4.69, 9.17) is 0 Å². The summed E-state index contributed by atoms with van der Waals surface area (Å²) in [7, 11) is 1.87. The Bertz CT molecular complexity index is 858. The molecule has 3 aromatic rings. The van der Waals surface area contributed by atoms with E-state index in [-0.39, 0.29) is 11.5 Å². The Hall–Kier alpha value is -2.95. The third kappa shape index (κ3) is 3.20. The topological polar surface area (TPSA) is 46.9 Å². The Kier molecular flexibility index (Phi) is 4.42. The minimum atomic E-state index is -0.414. The molecule has 0 aliphatic heterocycles. The lowest BCUT2D eigenvalue weighted by atomic mass is 10.0. The van der Waals surface area contributed by atoms with Gasteiger partial charge in [-0.1, -0.05) is 36.4 Å². The minimum Gasteiger partial charge on any atom is -0.338 e. The zero-order chi connectivity index (χ0) is 17.1. The Labute approximate surface area is 140 Å². The van der Waals surface area contributed by atoms with Gasteiger partial charge in [0.25, 0.3) is 5.91 Å². The second-order valence-corrected chi connectivity index (χ2v) is 5.68. The molecule has 0 aliphatic rings. The van der Waals surface area contributed by atoms with Crippen LogP contribution in [-0.4, -0.2) is 15.5 Å². The summed E-state index contributed by atoms with van der Waals surface area (Å²) >= 11 is 0. The van der Waals surface area contributed by atoms with Crippen LogP contribution in [0.4, 0.5) is 4.39 Å². The van der Waals surface area contributed by atoms with Crippen LogP contribution in [0.3, 0.4) is 0 Å². The number of aryl methyl sites for hydroxylation is 2. The molecule has 0 aliphatic carbocycles. The molecule has 1 aromatic heterocycles. The molecule has 4 nitrogen and oxygen atoms in total. The highest BCUT2D eigenvalue weighted by Gasteiger charge is 2.21. The summed E-state index contributed by atoms with van der Waals surface area (Å²) in [5, 5.41) is 2.95. The number of carbonyl (C=O) groups excluding carboxylic acids is 1. The first-order chi connectivity index (χ1) is 11.6. The van der Waals surface area contributed by atoms with E-state index in [1.807, 2.05) is 48.1 Å². The van der Waals surface area contributed by atoms with Gasteiger partial charge >= 0.3 is 0 Å². The predicted octanol–water partition coefficient (Wildman–Crippen LogP) is 3.39. The second-order valence-electron chi connectivity index (χ2n) is 5.68. The highest BCUT2D eigenvalue weighted by molar-refractivity contribution is 5.94. The maximum absolute atomic E-state index is 13.7. The van der Waals surface area contributed by atoms with Crippen LogP contribution < -0.4 is 5.32 Å². The van der Waals surface area contributed by atoms with Crippen molar-refractivity contribution in [3.8, 4) is 0 Å². The van der Waals surface area contributed by atoms with E-state index < -0.39 is 11.9 Å². The molecule has 1 amide bonds. The number of benzene rings is 2. The molecule has 2 aromatic carbocycles. The van der Waals surface area contributed by atoms with Crippen LogP contribution in [0.1, 0.15) is 33.4 Å². The number of nitrogens with one attached hydrogen (secondary N) is 1. The van der Waals surface area contributed by atoms with Crippen LogP contribution in [-0.2, 0) is 7.05 Å². The van der Waals surface area contributed by atoms with Crippen molar-refractivity contribution in [3.63, 3.8) is 0 Å². The monoisotopic (exact) mass is 323 g/mol. The molecule has 5 heteroatoms. The third-order valence-electron chi connectivity index (χ3n) is 3.96. The average Bonchev–Trinajstić information content (AvgIpc) is 3.01. The number of amides is 1. The Balaban J connectivity index is 1.93. The maximum Gasteiger partial charge on any atom is 0.252 e. The Morgan fingerprint density at radius 3 is 2.58 bits per heavy atom. The molecule has 122 valence electrons. The van der Waals surface area contributed by atoms with Gasteiger partial charge in [-0.2, -0.15) is 0 Å². The normalized spacial score (nSPS) is 12.0. The summed E-state index contributed by atoms with van der Waals surface area (Å²) in [6.45, 7) is 1.66. The number of halogens is 1. The van der Waals surface area contributed by atoms with Crippen LogP contribution in [0.25, 0.3) is 0 Å². The van der Waals surface area contributed by atoms with Crippen molar-refractivity contribution < 1.29 is 9.18 Å². The van der Waals surface area contributed by atoms with Crippen molar-refractivity contribution in [3.05, 3.63) is 89.3 Å². The van der Waals surface area contributed by atoms with Gasteiger partial charge in [-0.15, -0.1) is 0 Å². The molecule has 24 heavy (non-hydrogen) atoms. The lowest BCUT2D eigenvalue weighted by molar-refractivity contribution is 0.0940. The van der Waals surface area contributed by atoms with E-state index in [2.05, 4.69) is 10.3 Å². The van der Waals surface area contributed by atoms with Crippen LogP contribution in [0.2, 0.25) is 0 Å². The van der Waals surface area contributed by atoms with Gasteiger partial charge in [-0.05, 0) is 30.2 Å². The first-order valence-electron chi connectivity index (χ1n) is 7.65. The fraction of sp³-hybridized carbons (Fsp3) is 0.158. The SMILES string of the molecule is Cc1ccc(C(=O)N[C@@H](c2ccccc2)c2nccn2C)cc1F. The number of rotatable bonds is 4.